The van der Waals surface area contributed by atoms with Gasteiger partial charge in [0, 0.05) is 0 Å². The second-order valence-electron chi connectivity index (χ2n) is 13.1. The minimum atomic E-state index is -2.95. The predicted octanol–water partition coefficient (Wildman–Crippen LogP) is 4.75. The van der Waals surface area contributed by atoms with Gasteiger partial charge in [0.25, 0.3) is 0 Å². The van der Waals surface area contributed by atoms with E-state index in [9.17, 15) is 0 Å². The van der Waals surface area contributed by atoms with Crippen LogP contribution in [0.4, 0.5) is 0 Å². The van der Waals surface area contributed by atoms with Crippen LogP contribution >= 0.6 is 0 Å². The Labute approximate surface area is 294 Å². The summed E-state index contributed by atoms with van der Waals surface area (Å²) in [4.78, 5) is 0. The molecule has 2 aliphatic rings. The van der Waals surface area contributed by atoms with E-state index in [2.05, 4.69) is 157 Å². The molecular formula is C42H40Cl2SiZr. The van der Waals surface area contributed by atoms with Gasteiger partial charge in [-0.3, -0.25) is 0 Å². The first kappa shape index (κ1) is 34.3. The van der Waals surface area contributed by atoms with E-state index in [-0.39, 0.29) is 35.8 Å². The Morgan fingerprint density at radius 2 is 0.783 bits per heavy atom. The van der Waals surface area contributed by atoms with Gasteiger partial charge in [-0.15, -0.1) is 0 Å². The molecule has 2 aliphatic carbocycles. The van der Waals surface area contributed by atoms with Gasteiger partial charge in [-0.1, -0.05) is 0 Å². The van der Waals surface area contributed by atoms with Crippen LogP contribution < -0.4 is 24.8 Å². The quantitative estimate of drug-likeness (QED) is 0.230. The van der Waals surface area contributed by atoms with Crippen molar-refractivity contribution in [3.05, 3.63) is 155 Å². The average molecular weight is 735 g/mol. The fourth-order valence-corrected chi connectivity index (χ4v) is 20.8. The Kier molecular flexibility index (Phi) is 9.89. The summed E-state index contributed by atoms with van der Waals surface area (Å²) >= 11 is -2.95. The van der Waals surface area contributed by atoms with E-state index in [0.717, 1.165) is 0 Å². The van der Waals surface area contributed by atoms with Gasteiger partial charge in [0.2, 0.25) is 0 Å². The maximum absolute atomic E-state index is 2.95. The van der Waals surface area contributed by atoms with E-state index in [1.807, 2.05) is 0 Å². The van der Waals surface area contributed by atoms with Crippen molar-refractivity contribution in [2.24, 2.45) is 0 Å². The molecule has 0 aromatic heterocycles. The van der Waals surface area contributed by atoms with Crippen LogP contribution in [0.25, 0.3) is 56.0 Å². The Bertz CT molecular complexity index is 2000. The van der Waals surface area contributed by atoms with E-state index in [1.165, 1.54) is 54.9 Å². The van der Waals surface area contributed by atoms with Crippen LogP contribution in [-0.4, -0.2) is 11.0 Å². The number of benzene rings is 6. The van der Waals surface area contributed by atoms with Crippen molar-refractivity contribution >= 4 is 44.7 Å². The van der Waals surface area contributed by atoms with Crippen molar-refractivity contribution in [3.8, 4) is 22.3 Å². The summed E-state index contributed by atoms with van der Waals surface area (Å²) < 4.78 is 6.50. The molecule has 0 aliphatic heterocycles. The number of rotatable bonds is 4. The van der Waals surface area contributed by atoms with Crippen molar-refractivity contribution < 1.29 is 45.1 Å². The molecule has 0 N–H and O–H groups in total. The standard InChI is InChI=1S/2C20H15.2CH3.2ClH.H4Si.Zr/c2*1-14-12-16-8-5-11-19(20(16)13-14)18-10-4-7-15-6-2-3-9-17(15)18;;;;;;/h2*2-13H,1H3;2*1H3;2*1H;1H4;/q;;;;;;;+2/p-2. The minimum absolute atomic E-state index is 0. The Morgan fingerprint density at radius 3 is 1.22 bits per heavy atom. The number of hydrogen-bond donors (Lipinski definition) is 0. The number of hydrogen-bond acceptors (Lipinski definition) is 0. The minimum Gasteiger partial charge on any atom is -1.00 e. The molecule has 0 nitrogen and oxygen atoms in total. The van der Waals surface area contributed by atoms with Gasteiger partial charge in [0.1, 0.15) is 0 Å². The summed E-state index contributed by atoms with van der Waals surface area (Å²) in [6.07, 6.45) is 5.05. The van der Waals surface area contributed by atoms with Crippen molar-refractivity contribution in [3.63, 3.8) is 0 Å². The molecular weight excluding hydrogens is 695 g/mol. The number of allylic oxidation sites excluding steroid dienone is 2. The second kappa shape index (κ2) is 13.2. The van der Waals surface area contributed by atoms with Crippen molar-refractivity contribution in [1.29, 1.82) is 0 Å². The molecule has 0 saturated carbocycles. The van der Waals surface area contributed by atoms with Crippen LogP contribution in [0.15, 0.2) is 132 Å². The van der Waals surface area contributed by atoms with Gasteiger partial charge < -0.3 is 24.8 Å². The van der Waals surface area contributed by atoms with Gasteiger partial charge in [0.15, 0.2) is 0 Å². The first-order valence-corrected chi connectivity index (χ1v) is 23.3. The summed E-state index contributed by atoms with van der Waals surface area (Å²) in [5.41, 5.74) is 14.5. The Hall–Kier alpha value is -3.00. The van der Waals surface area contributed by atoms with Gasteiger partial charge in [-0.2, -0.15) is 0 Å². The van der Waals surface area contributed by atoms with E-state index < -0.39 is 20.3 Å². The van der Waals surface area contributed by atoms with Crippen LogP contribution in [0.5, 0.6) is 0 Å². The SMILES string of the molecule is CC1=Cc2c(-c3cccc4ccccc34)cccc2[CH]1[Zr+2]([CH3])([CH3])[CH]1C(C)=Cc2c(-c3cccc4ccccc34)cccc21.[Cl-].[Cl-].[SiH4]. The monoisotopic (exact) mass is 732 g/mol. The molecule has 0 bridgehead atoms. The Balaban J connectivity index is 0.00000139. The second-order valence-corrected chi connectivity index (χ2v) is 24.9. The normalized spacial score (nSPS) is 16.1. The van der Waals surface area contributed by atoms with Crippen LogP contribution in [0.3, 0.4) is 0 Å². The third-order valence-electron chi connectivity index (χ3n) is 10.2. The summed E-state index contributed by atoms with van der Waals surface area (Å²) in [5, 5.41) is 5.27. The summed E-state index contributed by atoms with van der Waals surface area (Å²) in [7, 11) is 0. The van der Waals surface area contributed by atoms with Gasteiger partial charge in [-0.25, -0.2) is 0 Å². The van der Waals surface area contributed by atoms with Crippen LogP contribution in [0.2, 0.25) is 9.26 Å². The zero-order valence-corrected chi connectivity index (χ0v) is 30.1. The predicted molar refractivity (Wildman–Crippen MR) is 195 cm³/mol. The van der Waals surface area contributed by atoms with Gasteiger partial charge in [0.05, 0.1) is 0 Å². The smallest absolute Gasteiger partial charge is 0.0149 e. The first-order chi connectivity index (χ1) is 20.9. The van der Waals surface area contributed by atoms with Crippen molar-refractivity contribution in [2.45, 2.75) is 30.4 Å². The van der Waals surface area contributed by atoms with E-state index in [4.69, 9.17) is 0 Å². The third-order valence-corrected chi connectivity index (χ3v) is 21.3. The van der Waals surface area contributed by atoms with Crippen molar-refractivity contribution in [1.82, 2.24) is 0 Å². The molecule has 8 rings (SSSR count). The summed E-state index contributed by atoms with van der Waals surface area (Å²) in [6.45, 7) is 4.80. The molecule has 0 spiro atoms. The topological polar surface area (TPSA) is 0 Å². The molecule has 6 aromatic rings. The molecule has 0 fully saturated rings. The van der Waals surface area contributed by atoms with Crippen LogP contribution in [0, 0.1) is 0 Å². The molecule has 230 valence electrons. The zero-order chi connectivity index (χ0) is 29.3. The van der Waals surface area contributed by atoms with E-state index >= 15 is 0 Å². The summed E-state index contributed by atoms with van der Waals surface area (Å²) in [5.74, 6) is 0. The largest absolute Gasteiger partial charge is 1.00 e. The molecule has 2 atom stereocenters. The third kappa shape index (κ3) is 5.32. The average Bonchev–Trinajstić information content (AvgIpc) is 3.56. The maximum atomic E-state index is 2.71. The first-order valence-electron chi connectivity index (χ1n) is 15.5. The van der Waals surface area contributed by atoms with Gasteiger partial charge in [-0.05, 0) is 11.0 Å². The zero-order valence-electron chi connectivity index (χ0n) is 26.1. The van der Waals surface area contributed by atoms with Crippen molar-refractivity contribution in [2.75, 3.05) is 0 Å². The summed E-state index contributed by atoms with van der Waals surface area (Å²) in [6, 6.07) is 45.2. The van der Waals surface area contributed by atoms with E-state index in [1.54, 1.807) is 22.3 Å². The molecule has 0 amide bonds. The number of fused-ring (bicyclic) bond motifs is 4. The molecule has 6 aromatic carbocycles. The molecule has 2 unspecified atom stereocenters. The fraction of sp³-hybridized carbons (Fsp3) is 0.143. The van der Waals surface area contributed by atoms with Crippen LogP contribution in [-0.2, 0) is 20.3 Å². The Morgan fingerprint density at radius 1 is 0.435 bits per heavy atom. The molecule has 0 heterocycles. The molecule has 0 radical (unpaired) electrons. The maximum Gasteiger partial charge on any atom is -0.0149 e. The van der Waals surface area contributed by atoms with E-state index in [0.29, 0.717) is 7.25 Å². The molecule has 4 heteroatoms. The fourth-order valence-electron chi connectivity index (χ4n) is 8.64. The van der Waals surface area contributed by atoms with Gasteiger partial charge >= 0.3 is 261 Å². The number of halogens is 2. The molecule has 0 saturated heterocycles. The van der Waals surface area contributed by atoms with Crippen LogP contribution in [0.1, 0.15) is 43.4 Å². The molecule has 46 heavy (non-hydrogen) atoms.